The Kier molecular flexibility index (Phi) is 2.73. The maximum absolute atomic E-state index is 10.8. The van der Waals surface area contributed by atoms with Gasteiger partial charge in [0.05, 0.1) is 5.92 Å². The summed E-state index contributed by atoms with van der Waals surface area (Å²) < 4.78 is 0. The molecule has 0 aliphatic carbocycles. The molecule has 0 amide bonds. The van der Waals surface area contributed by atoms with Crippen molar-refractivity contribution in [1.82, 2.24) is 4.90 Å². The average molecular weight is 171 g/mol. The van der Waals surface area contributed by atoms with Crippen molar-refractivity contribution in [2.75, 3.05) is 6.54 Å². The highest BCUT2D eigenvalue weighted by Crippen LogP contribution is 2.25. The lowest BCUT2D eigenvalue weighted by Crippen LogP contribution is -2.37. The first-order chi connectivity index (χ1) is 5.54. The van der Waals surface area contributed by atoms with E-state index in [0.717, 1.165) is 13.0 Å². The van der Waals surface area contributed by atoms with Crippen molar-refractivity contribution in [3.8, 4) is 0 Å². The first-order valence-electron chi connectivity index (χ1n) is 4.52. The molecule has 0 spiro atoms. The van der Waals surface area contributed by atoms with Crippen LogP contribution in [0.5, 0.6) is 0 Å². The van der Waals surface area contributed by atoms with E-state index in [-0.39, 0.29) is 12.0 Å². The molecule has 1 rings (SSSR count). The van der Waals surface area contributed by atoms with E-state index in [0.29, 0.717) is 6.04 Å². The molecule has 1 aliphatic rings. The van der Waals surface area contributed by atoms with Crippen LogP contribution >= 0.6 is 0 Å². The summed E-state index contributed by atoms with van der Waals surface area (Å²) >= 11 is 0. The Morgan fingerprint density at radius 2 is 2.17 bits per heavy atom. The highest BCUT2D eigenvalue weighted by molar-refractivity contribution is 5.71. The average Bonchev–Trinajstić information content (AvgIpc) is 2.30. The second-order valence-corrected chi connectivity index (χ2v) is 3.81. The fraction of sp³-hybridized carbons (Fsp3) is 0.889. The van der Waals surface area contributed by atoms with E-state index in [4.69, 9.17) is 5.11 Å². The molecule has 1 N–H and O–H groups in total. The van der Waals surface area contributed by atoms with Crippen molar-refractivity contribution >= 4 is 5.97 Å². The first kappa shape index (κ1) is 9.52. The molecule has 0 aromatic heterocycles. The van der Waals surface area contributed by atoms with Gasteiger partial charge in [-0.25, -0.2) is 0 Å². The molecule has 0 bridgehead atoms. The van der Waals surface area contributed by atoms with Gasteiger partial charge in [0.25, 0.3) is 0 Å². The number of likely N-dealkylation sites (tertiary alicyclic amines) is 1. The molecule has 0 radical (unpaired) electrons. The van der Waals surface area contributed by atoms with Crippen LogP contribution in [0, 0.1) is 5.92 Å². The van der Waals surface area contributed by atoms with Crippen molar-refractivity contribution in [2.24, 2.45) is 5.92 Å². The van der Waals surface area contributed by atoms with Crippen LogP contribution in [0.2, 0.25) is 0 Å². The molecule has 0 aromatic rings. The van der Waals surface area contributed by atoms with E-state index in [9.17, 15) is 4.79 Å². The maximum Gasteiger partial charge on any atom is 0.308 e. The van der Waals surface area contributed by atoms with Crippen LogP contribution < -0.4 is 0 Å². The van der Waals surface area contributed by atoms with Crippen LogP contribution in [0.4, 0.5) is 0 Å². The number of hydrogen-bond donors (Lipinski definition) is 1. The molecule has 0 saturated carbocycles. The predicted octanol–water partition coefficient (Wildman–Crippen LogP) is 1.19. The third-order valence-corrected chi connectivity index (χ3v) is 2.78. The molecule has 0 aromatic carbocycles. The lowest BCUT2D eigenvalue weighted by molar-refractivity contribution is -0.142. The van der Waals surface area contributed by atoms with Gasteiger partial charge < -0.3 is 5.11 Å². The largest absolute Gasteiger partial charge is 0.481 e. The number of rotatable bonds is 2. The van der Waals surface area contributed by atoms with Gasteiger partial charge in [-0.15, -0.1) is 0 Å². The molecule has 2 unspecified atom stereocenters. The molecule has 3 nitrogen and oxygen atoms in total. The molecule has 1 heterocycles. The summed E-state index contributed by atoms with van der Waals surface area (Å²) in [5, 5.41) is 8.86. The van der Waals surface area contributed by atoms with Crippen LogP contribution in [0.15, 0.2) is 0 Å². The standard InChI is InChI=1S/C9H17NO2/c1-6(2)10-5-4-8(7(10)3)9(11)12/h6-8H,4-5H2,1-3H3,(H,11,12). The molecule has 1 fully saturated rings. The summed E-state index contributed by atoms with van der Waals surface area (Å²) in [5.41, 5.74) is 0. The van der Waals surface area contributed by atoms with Gasteiger partial charge in [0.15, 0.2) is 0 Å². The Bertz CT molecular complexity index is 179. The predicted molar refractivity (Wildman–Crippen MR) is 47.0 cm³/mol. The summed E-state index contributed by atoms with van der Waals surface area (Å²) in [6.07, 6.45) is 0.800. The van der Waals surface area contributed by atoms with Crippen molar-refractivity contribution < 1.29 is 9.90 Å². The highest BCUT2D eigenvalue weighted by atomic mass is 16.4. The minimum absolute atomic E-state index is 0.160. The number of aliphatic carboxylic acids is 1. The van der Waals surface area contributed by atoms with Crippen molar-refractivity contribution in [1.29, 1.82) is 0 Å². The Morgan fingerprint density at radius 3 is 2.42 bits per heavy atom. The van der Waals surface area contributed by atoms with Crippen LogP contribution in [0.3, 0.4) is 0 Å². The lowest BCUT2D eigenvalue weighted by Gasteiger charge is -2.26. The van der Waals surface area contributed by atoms with Gasteiger partial charge in [-0.3, -0.25) is 9.69 Å². The van der Waals surface area contributed by atoms with Crippen LogP contribution in [-0.2, 0) is 4.79 Å². The third kappa shape index (κ3) is 1.61. The smallest absolute Gasteiger partial charge is 0.308 e. The maximum atomic E-state index is 10.8. The minimum Gasteiger partial charge on any atom is -0.481 e. The van der Waals surface area contributed by atoms with Crippen LogP contribution in [-0.4, -0.2) is 34.6 Å². The van der Waals surface area contributed by atoms with Gasteiger partial charge in [0, 0.05) is 12.1 Å². The second kappa shape index (κ2) is 3.44. The number of carboxylic acid groups (broad SMARTS) is 1. The Balaban J connectivity index is 2.61. The first-order valence-corrected chi connectivity index (χ1v) is 4.52. The topological polar surface area (TPSA) is 40.5 Å². The monoisotopic (exact) mass is 171 g/mol. The normalized spacial score (nSPS) is 31.3. The summed E-state index contributed by atoms with van der Waals surface area (Å²) in [6.45, 7) is 7.16. The number of carbonyl (C=O) groups is 1. The van der Waals surface area contributed by atoms with E-state index >= 15 is 0 Å². The van der Waals surface area contributed by atoms with E-state index in [1.54, 1.807) is 0 Å². The zero-order valence-electron chi connectivity index (χ0n) is 7.95. The molecular formula is C9H17NO2. The van der Waals surface area contributed by atoms with Gasteiger partial charge in [-0.2, -0.15) is 0 Å². The summed E-state index contributed by atoms with van der Waals surface area (Å²) in [6, 6.07) is 0.659. The van der Waals surface area contributed by atoms with E-state index in [1.165, 1.54) is 0 Å². The Hall–Kier alpha value is -0.570. The molecule has 2 atom stereocenters. The molecule has 12 heavy (non-hydrogen) atoms. The summed E-state index contributed by atoms with van der Waals surface area (Å²) in [7, 11) is 0. The quantitative estimate of drug-likeness (QED) is 0.678. The molecule has 3 heteroatoms. The lowest BCUT2D eigenvalue weighted by atomic mass is 10.0. The molecule has 1 aliphatic heterocycles. The highest BCUT2D eigenvalue weighted by Gasteiger charge is 2.36. The fourth-order valence-electron chi connectivity index (χ4n) is 2.02. The van der Waals surface area contributed by atoms with E-state index < -0.39 is 5.97 Å². The number of nitrogens with zero attached hydrogens (tertiary/aromatic N) is 1. The second-order valence-electron chi connectivity index (χ2n) is 3.81. The Labute approximate surface area is 73.4 Å². The third-order valence-electron chi connectivity index (χ3n) is 2.78. The summed E-state index contributed by atoms with van der Waals surface area (Å²) in [5.74, 6) is -0.807. The van der Waals surface area contributed by atoms with Gasteiger partial charge in [-0.1, -0.05) is 0 Å². The van der Waals surface area contributed by atoms with Gasteiger partial charge >= 0.3 is 5.97 Å². The van der Waals surface area contributed by atoms with Crippen LogP contribution in [0.1, 0.15) is 27.2 Å². The van der Waals surface area contributed by atoms with Crippen LogP contribution in [0.25, 0.3) is 0 Å². The van der Waals surface area contributed by atoms with Crippen molar-refractivity contribution in [2.45, 2.75) is 39.3 Å². The Morgan fingerprint density at radius 1 is 1.58 bits per heavy atom. The zero-order valence-corrected chi connectivity index (χ0v) is 7.95. The molecule has 70 valence electrons. The van der Waals surface area contributed by atoms with Gasteiger partial charge in [0.2, 0.25) is 0 Å². The van der Waals surface area contributed by atoms with Gasteiger partial charge in [0.1, 0.15) is 0 Å². The zero-order chi connectivity index (χ0) is 9.30. The SMILES string of the molecule is CC(C)N1CCC(C(=O)O)C1C. The van der Waals surface area contributed by atoms with Crippen molar-refractivity contribution in [3.63, 3.8) is 0 Å². The van der Waals surface area contributed by atoms with E-state index in [1.807, 2.05) is 6.92 Å². The summed E-state index contributed by atoms with van der Waals surface area (Å²) in [4.78, 5) is 13.0. The number of carboxylic acids is 1. The van der Waals surface area contributed by atoms with Crippen molar-refractivity contribution in [3.05, 3.63) is 0 Å². The fourth-order valence-corrected chi connectivity index (χ4v) is 2.02. The van der Waals surface area contributed by atoms with Gasteiger partial charge in [-0.05, 0) is 33.7 Å². The van der Waals surface area contributed by atoms with E-state index in [2.05, 4.69) is 18.7 Å². The molecular weight excluding hydrogens is 154 g/mol. The number of hydrogen-bond acceptors (Lipinski definition) is 2. The minimum atomic E-state index is -0.648. The molecule has 1 saturated heterocycles.